The molecule has 0 bridgehead atoms. The number of amides is 1. The maximum atomic E-state index is 11.5. The van der Waals surface area contributed by atoms with Gasteiger partial charge in [0.1, 0.15) is 18.3 Å². The second-order valence-electron chi connectivity index (χ2n) is 3.45. The maximum absolute atomic E-state index is 11.5. The number of furan rings is 1. The minimum absolute atomic E-state index is 0.310. The average Bonchev–Trinajstić information content (AvgIpc) is 2.72. The number of anilines is 1. The fourth-order valence-corrected chi connectivity index (χ4v) is 1.47. The first-order valence-corrected chi connectivity index (χ1v) is 5.03. The van der Waals surface area contributed by atoms with E-state index in [0.29, 0.717) is 11.3 Å². The summed E-state index contributed by atoms with van der Waals surface area (Å²) in [6, 6.07) is 7.30. The van der Waals surface area contributed by atoms with Gasteiger partial charge in [-0.05, 0) is 12.1 Å². The molecule has 0 unspecified atom stereocenters. The molecule has 5 heteroatoms. The zero-order valence-electron chi connectivity index (χ0n) is 9.23. The van der Waals surface area contributed by atoms with E-state index < -0.39 is 11.9 Å². The third-order valence-electron chi connectivity index (χ3n) is 2.29. The molecule has 0 aliphatic carbocycles. The maximum Gasteiger partial charge on any atom is 0.315 e. The van der Waals surface area contributed by atoms with E-state index in [1.54, 1.807) is 6.07 Å². The van der Waals surface area contributed by atoms with Crippen molar-refractivity contribution in [2.75, 3.05) is 12.4 Å². The van der Waals surface area contributed by atoms with Crippen molar-refractivity contribution in [3.63, 3.8) is 0 Å². The molecule has 0 aliphatic rings. The highest BCUT2D eigenvalue weighted by atomic mass is 16.5. The van der Waals surface area contributed by atoms with Crippen LogP contribution in [0.1, 0.15) is 6.42 Å². The van der Waals surface area contributed by atoms with Crippen molar-refractivity contribution in [3.8, 4) is 0 Å². The first-order valence-electron chi connectivity index (χ1n) is 5.03. The van der Waals surface area contributed by atoms with Crippen LogP contribution in [-0.2, 0) is 14.3 Å². The lowest BCUT2D eigenvalue weighted by Crippen LogP contribution is -2.16. The minimum Gasteiger partial charge on any atom is -0.469 e. The van der Waals surface area contributed by atoms with Crippen LogP contribution in [0.3, 0.4) is 0 Å². The van der Waals surface area contributed by atoms with Gasteiger partial charge < -0.3 is 14.5 Å². The second-order valence-corrected chi connectivity index (χ2v) is 3.45. The Labute approximate surface area is 97.4 Å². The fraction of sp³-hybridized carbons (Fsp3) is 0.167. The van der Waals surface area contributed by atoms with Gasteiger partial charge >= 0.3 is 5.97 Å². The molecule has 0 aliphatic heterocycles. The molecular formula is C12H11NO4. The van der Waals surface area contributed by atoms with Crippen molar-refractivity contribution >= 4 is 28.5 Å². The molecule has 5 nitrogen and oxygen atoms in total. The highest BCUT2D eigenvalue weighted by Crippen LogP contribution is 2.25. The van der Waals surface area contributed by atoms with E-state index in [-0.39, 0.29) is 6.42 Å². The van der Waals surface area contributed by atoms with Crippen LogP contribution in [0.5, 0.6) is 0 Å². The third-order valence-corrected chi connectivity index (χ3v) is 2.29. The smallest absolute Gasteiger partial charge is 0.315 e. The Balaban J connectivity index is 2.13. The summed E-state index contributed by atoms with van der Waals surface area (Å²) in [5.41, 5.74) is 1.23. The molecule has 1 aromatic heterocycles. The third kappa shape index (κ3) is 2.44. The Morgan fingerprint density at radius 1 is 1.35 bits per heavy atom. The quantitative estimate of drug-likeness (QED) is 0.649. The van der Waals surface area contributed by atoms with Crippen LogP contribution in [0.25, 0.3) is 11.0 Å². The highest BCUT2D eigenvalue weighted by molar-refractivity contribution is 6.06. The van der Waals surface area contributed by atoms with Crippen LogP contribution >= 0.6 is 0 Å². The summed E-state index contributed by atoms with van der Waals surface area (Å²) in [5.74, 6) is -1.00. The number of para-hydroxylation sites is 1. The van der Waals surface area contributed by atoms with Crippen LogP contribution in [0.2, 0.25) is 0 Å². The van der Waals surface area contributed by atoms with Crippen molar-refractivity contribution in [1.82, 2.24) is 0 Å². The van der Waals surface area contributed by atoms with Crippen molar-refractivity contribution in [2.24, 2.45) is 0 Å². The van der Waals surface area contributed by atoms with Crippen molar-refractivity contribution < 1.29 is 18.7 Å². The zero-order chi connectivity index (χ0) is 12.3. The van der Waals surface area contributed by atoms with Gasteiger partial charge in [-0.1, -0.05) is 12.1 Å². The van der Waals surface area contributed by atoms with Gasteiger partial charge in [0.15, 0.2) is 0 Å². The van der Waals surface area contributed by atoms with Gasteiger partial charge in [0.05, 0.1) is 12.8 Å². The Morgan fingerprint density at radius 2 is 2.12 bits per heavy atom. The van der Waals surface area contributed by atoms with Gasteiger partial charge in [-0.25, -0.2) is 0 Å². The normalized spacial score (nSPS) is 10.2. The lowest BCUT2D eigenvalue weighted by atomic mass is 10.2. The number of nitrogens with one attached hydrogen (secondary N) is 1. The number of esters is 1. The Bertz CT molecular complexity index is 558. The Kier molecular flexibility index (Phi) is 3.09. The number of methoxy groups -OCH3 is 1. The molecule has 1 aromatic carbocycles. The molecule has 88 valence electrons. The molecule has 0 fully saturated rings. The topological polar surface area (TPSA) is 68.5 Å². The summed E-state index contributed by atoms with van der Waals surface area (Å²) in [5, 5.41) is 3.39. The lowest BCUT2D eigenvalue weighted by Gasteiger charge is -2.01. The Hall–Kier alpha value is -2.30. The zero-order valence-corrected chi connectivity index (χ0v) is 9.23. The SMILES string of the molecule is COC(=O)CC(=O)Nc1coc2ccccc12. The van der Waals surface area contributed by atoms with E-state index in [4.69, 9.17) is 4.42 Å². The molecular weight excluding hydrogens is 222 g/mol. The molecule has 1 amide bonds. The van der Waals surface area contributed by atoms with Crippen molar-refractivity contribution in [3.05, 3.63) is 30.5 Å². The second kappa shape index (κ2) is 4.69. The number of carbonyl (C=O) groups excluding carboxylic acids is 2. The average molecular weight is 233 g/mol. The van der Waals surface area contributed by atoms with Gasteiger partial charge in [0.2, 0.25) is 5.91 Å². The molecule has 0 spiro atoms. The molecule has 0 atom stereocenters. The minimum atomic E-state index is -0.574. The van der Waals surface area contributed by atoms with E-state index >= 15 is 0 Å². The molecule has 0 saturated carbocycles. The number of ether oxygens (including phenoxy) is 1. The standard InChI is InChI=1S/C12H11NO4/c1-16-12(15)6-11(14)13-9-7-17-10-5-3-2-4-8(9)10/h2-5,7H,6H2,1H3,(H,13,14). The molecule has 2 aromatic rings. The lowest BCUT2D eigenvalue weighted by molar-refractivity contribution is -0.142. The first kappa shape index (κ1) is 11.2. The van der Waals surface area contributed by atoms with Gasteiger partial charge in [-0.15, -0.1) is 0 Å². The van der Waals surface area contributed by atoms with E-state index in [2.05, 4.69) is 10.1 Å². The van der Waals surface area contributed by atoms with Crippen LogP contribution in [0.4, 0.5) is 5.69 Å². The van der Waals surface area contributed by atoms with Crippen LogP contribution in [0.15, 0.2) is 34.9 Å². The Morgan fingerprint density at radius 3 is 2.88 bits per heavy atom. The van der Waals surface area contributed by atoms with Gasteiger partial charge in [0, 0.05) is 5.39 Å². The predicted molar refractivity (Wildman–Crippen MR) is 61.5 cm³/mol. The first-order chi connectivity index (χ1) is 8.20. The molecule has 2 rings (SSSR count). The van der Waals surface area contributed by atoms with E-state index in [9.17, 15) is 9.59 Å². The number of hydrogen-bond donors (Lipinski definition) is 1. The summed E-state index contributed by atoms with van der Waals surface area (Å²) < 4.78 is 9.65. The largest absolute Gasteiger partial charge is 0.469 e. The summed E-state index contributed by atoms with van der Waals surface area (Å²) >= 11 is 0. The summed E-state index contributed by atoms with van der Waals surface area (Å²) in [6.07, 6.45) is 1.13. The number of fused-ring (bicyclic) bond motifs is 1. The van der Waals surface area contributed by atoms with Gasteiger partial charge in [-0.3, -0.25) is 9.59 Å². The molecule has 1 N–H and O–H groups in total. The van der Waals surface area contributed by atoms with Crippen molar-refractivity contribution in [2.45, 2.75) is 6.42 Å². The number of hydrogen-bond acceptors (Lipinski definition) is 4. The summed E-state index contributed by atoms with van der Waals surface area (Å²) in [4.78, 5) is 22.4. The monoisotopic (exact) mass is 233 g/mol. The van der Waals surface area contributed by atoms with Crippen molar-refractivity contribution in [1.29, 1.82) is 0 Å². The molecule has 0 radical (unpaired) electrons. The van der Waals surface area contributed by atoms with Crippen LogP contribution in [0, 0.1) is 0 Å². The van der Waals surface area contributed by atoms with Gasteiger partial charge in [-0.2, -0.15) is 0 Å². The number of benzene rings is 1. The summed E-state index contributed by atoms with van der Waals surface area (Å²) in [6.45, 7) is 0. The van der Waals surface area contributed by atoms with Crippen LogP contribution < -0.4 is 5.32 Å². The molecule has 1 heterocycles. The number of carbonyl (C=O) groups is 2. The molecule has 17 heavy (non-hydrogen) atoms. The summed E-state index contributed by atoms with van der Waals surface area (Å²) in [7, 11) is 1.24. The molecule has 0 saturated heterocycles. The number of rotatable bonds is 3. The van der Waals surface area contributed by atoms with E-state index in [0.717, 1.165) is 5.39 Å². The van der Waals surface area contributed by atoms with Gasteiger partial charge in [0.25, 0.3) is 0 Å². The predicted octanol–water partition coefficient (Wildman–Crippen LogP) is 1.93. The van der Waals surface area contributed by atoms with E-state index in [1.165, 1.54) is 13.4 Å². The highest BCUT2D eigenvalue weighted by Gasteiger charge is 2.12. The van der Waals surface area contributed by atoms with E-state index in [1.807, 2.05) is 18.2 Å². The fourth-order valence-electron chi connectivity index (χ4n) is 1.47. The van der Waals surface area contributed by atoms with Crippen LogP contribution in [-0.4, -0.2) is 19.0 Å².